The van der Waals surface area contributed by atoms with Gasteiger partial charge in [-0.25, -0.2) is 9.78 Å². The van der Waals surface area contributed by atoms with E-state index in [1.807, 2.05) is 0 Å². The zero-order valence-corrected chi connectivity index (χ0v) is 21.0. The predicted molar refractivity (Wildman–Crippen MR) is 133 cm³/mol. The van der Waals surface area contributed by atoms with Crippen LogP contribution in [0.15, 0.2) is 12.5 Å². The number of carboxylic acid groups (broad SMARTS) is 1. The summed E-state index contributed by atoms with van der Waals surface area (Å²) < 4.78 is 0. The van der Waals surface area contributed by atoms with Gasteiger partial charge in [-0.15, -0.1) is 0 Å². The Kier molecular flexibility index (Phi) is 14.1. The summed E-state index contributed by atoms with van der Waals surface area (Å²) in [4.78, 5) is 68.3. The Balaban J connectivity index is 3.00. The Hall–Kier alpha value is -3.17. The van der Waals surface area contributed by atoms with Gasteiger partial charge in [0, 0.05) is 18.3 Å². The first-order chi connectivity index (χ1) is 17.1. The highest BCUT2D eigenvalue weighted by molar-refractivity contribution is 7.98. The van der Waals surface area contributed by atoms with E-state index in [2.05, 4.69) is 25.9 Å². The molecule has 4 unspecified atom stereocenters. The lowest BCUT2D eigenvalue weighted by Crippen LogP contribution is -2.58. The summed E-state index contributed by atoms with van der Waals surface area (Å²) in [6.45, 7) is 0.445. The van der Waals surface area contributed by atoms with Gasteiger partial charge in [-0.05, 0) is 37.8 Å². The van der Waals surface area contributed by atoms with Crippen molar-refractivity contribution < 1.29 is 29.1 Å². The minimum atomic E-state index is -1.39. The van der Waals surface area contributed by atoms with Crippen LogP contribution in [-0.2, 0) is 30.4 Å². The molecule has 0 aliphatic carbocycles. The van der Waals surface area contributed by atoms with Gasteiger partial charge in [0.25, 0.3) is 0 Å². The third-order valence-corrected chi connectivity index (χ3v) is 5.83. The van der Waals surface area contributed by atoms with Crippen molar-refractivity contribution in [2.45, 2.75) is 62.7 Å². The molecule has 36 heavy (non-hydrogen) atoms. The number of nitrogens with two attached hydrogens (primary N) is 3. The van der Waals surface area contributed by atoms with Gasteiger partial charge in [0.2, 0.25) is 23.6 Å². The molecule has 14 nitrogen and oxygen atoms in total. The highest BCUT2D eigenvalue weighted by Crippen LogP contribution is 2.06. The molecule has 0 bridgehead atoms. The highest BCUT2D eigenvalue weighted by Gasteiger charge is 2.31. The van der Waals surface area contributed by atoms with Crippen LogP contribution in [0.2, 0.25) is 0 Å². The lowest BCUT2D eigenvalue weighted by atomic mass is 10.1. The first-order valence-electron chi connectivity index (χ1n) is 11.4. The third-order valence-electron chi connectivity index (χ3n) is 5.18. The molecule has 4 atom stereocenters. The first-order valence-corrected chi connectivity index (χ1v) is 12.8. The van der Waals surface area contributed by atoms with Crippen molar-refractivity contribution in [2.75, 3.05) is 18.6 Å². The fraction of sp³-hybridized carbons (Fsp3) is 0.619. The van der Waals surface area contributed by atoms with E-state index >= 15 is 0 Å². The molecule has 1 aromatic heterocycles. The van der Waals surface area contributed by atoms with Crippen molar-refractivity contribution >= 4 is 41.4 Å². The maximum atomic E-state index is 13.0. The van der Waals surface area contributed by atoms with Crippen LogP contribution in [0.4, 0.5) is 0 Å². The minimum Gasteiger partial charge on any atom is -0.480 e. The Labute approximate surface area is 213 Å². The Morgan fingerprint density at radius 2 is 1.67 bits per heavy atom. The number of amides is 4. The molecule has 1 rings (SSSR count). The van der Waals surface area contributed by atoms with Crippen LogP contribution < -0.4 is 33.2 Å². The number of hydrogen-bond acceptors (Lipinski definition) is 9. The number of aliphatic carboxylic acids is 1. The maximum Gasteiger partial charge on any atom is 0.326 e. The molecule has 0 saturated carbocycles. The van der Waals surface area contributed by atoms with Gasteiger partial charge in [0.05, 0.1) is 18.8 Å². The van der Waals surface area contributed by atoms with E-state index in [4.69, 9.17) is 17.2 Å². The smallest absolute Gasteiger partial charge is 0.326 e. The molecular formula is C21H36N8O6S. The van der Waals surface area contributed by atoms with Crippen molar-refractivity contribution in [3.63, 3.8) is 0 Å². The van der Waals surface area contributed by atoms with Gasteiger partial charge < -0.3 is 43.2 Å². The maximum absolute atomic E-state index is 13.0. The van der Waals surface area contributed by atoms with Gasteiger partial charge in [0.15, 0.2) is 0 Å². The van der Waals surface area contributed by atoms with E-state index in [9.17, 15) is 29.1 Å². The topological polar surface area (TPSA) is 248 Å². The molecule has 11 N–H and O–H groups in total. The SMILES string of the molecule is CSCCC(NC(=O)C(Cc1cnc[nH]1)NC(=O)C(CC(N)=O)NC(=O)C(N)CCCCN)C(=O)O. The minimum absolute atomic E-state index is 0.0533. The second-order valence-electron chi connectivity index (χ2n) is 8.15. The van der Waals surface area contributed by atoms with Crippen LogP contribution in [0.25, 0.3) is 0 Å². The average molecular weight is 529 g/mol. The number of nitrogens with zero attached hydrogens (tertiary/aromatic N) is 1. The number of carboxylic acids is 1. The average Bonchev–Trinajstić information content (AvgIpc) is 3.33. The second-order valence-corrected chi connectivity index (χ2v) is 9.13. The van der Waals surface area contributed by atoms with Gasteiger partial charge in [-0.1, -0.05) is 6.42 Å². The molecule has 1 aromatic rings. The standard InChI is InChI=1S/C21H36N8O6S/c1-36-7-5-14(21(34)35)27-19(32)15(8-12-10-25-11-26-12)29-20(33)16(9-17(24)30)28-18(31)13(23)4-2-3-6-22/h10-11,13-16H,2-9,22-23H2,1H3,(H2,24,30)(H,25,26)(H,27,32)(H,28,31)(H,29,33)(H,34,35). The van der Waals surface area contributed by atoms with Crippen molar-refractivity contribution in [2.24, 2.45) is 17.2 Å². The number of aromatic nitrogens is 2. The Morgan fingerprint density at radius 3 is 2.22 bits per heavy atom. The number of unbranched alkanes of at least 4 members (excludes halogenated alkanes) is 1. The first kappa shape index (κ1) is 30.9. The zero-order valence-electron chi connectivity index (χ0n) is 20.2. The van der Waals surface area contributed by atoms with Gasteiger partial charge in [-0.2, -0.15) is 11.8 Å². The number of hydrogen-bond donors (Lipinski definition) is 8. The number of carbonyl (C=O) groups is 5. The fourth-order valence-electron chi connectivity index (χ4n) is 3.19. The highest BCUT2D eigenvalue weighted by atomic mass is 32.2. The van der Waals surface area contributed by atoms with Gasteiger partial charge in [0.1, 0.15) is 18.1 Å². The van der Waals surface area contributed by atoms with Crippen LogP contribution in [0, 0.1) is 0 Å². The lowest BCUT2D eigenvalue weighted by Gasteiger charge is -2.24. The van der Waals surface area contributed by atoms with Crippen LogP contribution >= 0.6 is 11.8 Å². The van der Waals surface area contributed by atoms with Crippen LogP contribution in [-0.4, -0.2) is 87.4 Å². The molecule has 0 aromatic carbocycles. The number of imidazole rings is 1. The largest absolute Gasteiger partial charge is 0.480 e. The van der Waals surface area contributed by atoms with Gasteiger partial charge in [-0.3, -0.25) is 19.2 Å². The van der Waals surface area contributed by atoms with E-state index in [1.54, 1.807) is 6.26 Å². The van der Waals surface area contributed by atoms with E-state index < -0.39 is 60.2 Å². The van der Waals surface area contributed by atoms with Gasteiger partial charge >= 0.3 is 5.97 Å². The van der Waals surface area contributed by atoms with Crippen molar-refractivity contribution in [3.05, 3.63) is 18.2 Å². The number of aromatic amines is 1. The Bertz CT molecular complexity index is 869. The number of rotatable bonds is 18. The van der Waals surface area contributed by atoms with Crippen LogP contribution in [0.3, 0.4) is 0 Å². The molecule has 202 valence electrons. The summed E-state index contributed by atoms with van der Waals surface area (Å²) in [5.74, 6) is -3.85. The van der Waals surface area contributed by atoms with Crippen molar-refractivity contribution in [3.8, 4) is 0 Å². The summed E-state index contributed by atoms with van der Waals surface area (Å²) in [5, 5.41) is 16.8. The fourth-order valence-corrected chi connectivity index (χ4v) is 3.66. The molecule has 0 spiro atoms. The molecule has 1 heterocycles. The van der Waals surface area contributed by atoms with E-state index in [1.165, 1.54) is 24.3 Å². The van der Waals surface area contributed by atoms with E-state index in [0.717, 1.165) is 0 Å². The normalized spacial score (nSPS) is 14.2. The summed E-state index contributed by atoms with van der Waals surface area (Å²) >= 11 is 1.42. The monoisotopic (exact) mass is 528 g/mol. The number of primary amides is 1. The van der Waals surface area contributed by atoms with Crippen LogP contribution in [0.1, 0.15) is 37.8 Å². The molecule has 15 heteroatoms. The lowest BCUT2D eigenvalue weighted by molar-refractivity contribution is -0.142. The number of H-pyrrole nitrogens is 1. The zero-order chi connectivity index (χ0) is 27.1. The third kappa shape index (κ3) is 11.5. The summed E-state index contributed by atoms with van der Waals surface area (Å²) in [5.41, 5.74) is 17.0. The molecular weight excluding hydrogens is 492 g/mol. The second kappa shape index (κ2) is 16.5. The van der Waals surface area contributed by atoms with E-state index in [0.29, 0.717) is 37.3 Å². The molecule has 0 saturated heterocycles. The molecule has 0 aliphatic rings. The molecule has 0 aliphatic heterocycles. The number of thioether (sulfide) groups is 1. The predicted octanol–water partition coefficient (Wildman–Crippen LogP) is -2.42. The number of nitrogens with one attached hydrogen (secondary N) is 4. The summed E-state index contributed by atoms with van der Waals surface area (Å²) in [6, 6.07) is -4.73. The molecule has 0 fully saturated rings. The number of carbonyl (C=O) groups excluding carboxylic acids is 4. The van der Waals surface area contributed by atoms with Crippen LogP contribution in [0.5, 0.6) is 0 Å². The quantitative estimate of drug-likeness (QED) is 0.0936. The van der Waals surface area contributed by atoms with E-state index in [-0.39, 0.29) is 12.8 Å². The molecule has 0 radical (unpaired) electrons. The van der Waals surface area contributed by atoms with Crippen molar-refractivity contribution in [1.29, 1.82) is 0 Å². The Morgan fingerprint density at radius 1 is 1.03 bits per heavy atom. The summed E-state index contributed by atoms with van der Waals surface area (Å²) in [6.07, 6.45) is 5.82. The van der Waals surface area contributed by atoms with Crippen molar-refractivity contribution in [1.82, 2.24) is 25.9 Å². The summed E-state index contributed by atoms with van der Waals surface area (Å²) in [7, 11) is 0. The molecule has 4 amide bonds.